The molecule has 2 aromatic carbocycles. The van der Waals surface area contributed by atoms with Crippen molar-refractivity contribution in [2.75, 3.05) is 13.2 Å². The smallest absolute Gasteiger partial charge is 0.410 e. The molecule has 1 aliphatic heterocycles. The predicted molar refractivity (Wildman–Crippen MR) is 108 cm³/mol. The summed E-state index contributed by atoms with van der Waals surface area (Å²) in [5, 5.41) is 0.438. The summed E-state index contributed by atoms with van der Waals surface area (Å²) in [7, 11) is 0. The number of amides is 1. The Balaban J connectivity index is 1.72. The highest BCUT2D eigenvalue weighted by atomic mass is 35.5. The van der Waals surface area contributed by atoms with E-state index in [0.29, 0.717) is 36.0 Å². The standard InChI is InChI=1S/C21H21ClFN3O3/c1-21(2,3)29-20(27)25-6-7-28-19-13(11-25)8-15(10-16(19)22)26-12-24-17-9-14(23)4-5-18(17)26/h4-5,8-10,12H,6-7,11H2,1-3H3. The molecule has 0 unspecified atom stereocenters. The number of hydrogen-bond acceptors (Lipinski definition) is 4. The molecule has 0 radical (unpaired) electrons. The zero-order chi connectivity index (χ0) is 20.8. The summed E-state index contributed by atoms with van der Waals surface area (Å²) in [5.41, 5.74) is 2.22. The molecule has 1 amide bonds. The van der Waals surface area contributed by atoms with E-state index in [1.165, 1.54) is 12.1 Å². The number of nitrogens with zero attached hydrogens (tertiary/aromatic N) is 3. The molecule has 2 heterocycles. The first-order chi connectivity index (χ1) is 13.7. The number of benzene rings is 2. The van der Waals surface area contributed by atoms with Crippen LogP contribution in [0.5, 0.6) is 5.75 Å². The molecule has 1 aliphatic rings. The summed E-state index contributed by atoms with van der Waals surface area (Å²) in [6.45, 7) is 6.50. The number of carbonyl (C=O) groups is 1. The van der Waals surface area contributed by atoms with Gasteiger partial charge in [0.05, 0.1) is 29.1 Å². The molecule has 0 saturated carbocycles. The maximum Gasteiger partial charge on any atom is 0.410 e. The van der Waals surface area contributed by atoms with Crippen LogP contribution < -0.4 is 4.74 Å². The number of fused-ring (bicyclic) bond motifs is 2. The van der Waals surface area contributed by atoms with Crippen LogP contribution in [-0.4, -0.2) is 39.3 Å². The van der Waals surface area contributed by atoms with Crippen LogP contribution in [0.3, 0.4) is 0 Å². The molecule has 0 bridgehead atoms. The van der Waals surface area contributed by atoms with Gasteiger partial charge in [-0.2, -0.15) is 0 Å². The third kappa shape index (κ3) is 4.00. The lowest BCUT2D eigenvalue weighted by molar-refractivity contribution is 0.0225. The van der Waals surface area contributed by atoms with E-state index < -0.39 is 11.7 Å². The van der Waals surface area contributed by atoms with Crippen molar-refractivity contribution in [1.29, 1.82) is 0 Å². The number of carbonyl (C=O) groups excluding carboxylic acids is 1. The van der Waals surface area contributed by atoms with Gasteiger partial charge in [-0.15, -0.1) is 0 Å². The zero-order valence-corrected chi connectivity index (χ0v) is 17.2. The third-order valence-corrected chi connectivity index (χ3v) is 4.79. The second-order valence-electron chi connectivity index (χ2n) is 7.91. The Bertz CT molecular complexity index is 1090. The fourth-order valence-electron chi connectivity index (χ4n) is 3.27. The molecule has 1 aromatic heterocycles. The first-order valence-electron chi connectivity index (χ1n) is 9.27. The SMILES string of the molecule is CC(C)(C)OC(=O)N1CCOc2c(Cl)cc(-n3cnc4cc(F)ccc43)cc2C1. The average Bonchev–Trinajstić information content (AvgIpc) is 2.90. The molecule has 152 valence electrons. The van der Waals surface area contributed by atoms with Crippen molar-refractivity contribution in [2.24, 2.45) is 0 Å². The van der Waals surface area contributed by atoms with Crippen LogP contribution in [0.15, 0.2) is 36.7 Å². The topological polar surface area (TPSA) is 56.6 Å². The van der Waals surface area contributed by atoms with E-state index in [1.54, 1.807) is 23.4 Å². The number of imidazole rings is 1. The predicted octanol–water partition coefficient (Wildman–Crippen LogP) is 4.95. The van der Waals surface area contributed by atoms with Crippen LogP contribution in [0, 0.1) is 5.82 Å². The fourth-order valence-corrected chi connectivity index (χ4v) is 3.56. The fraction of sp³-hybridized carbons (Fsp3) is 0.333. The summed E-state index contributed by atoms with van der Waals surface area (Å²) < 4.78 is 26.6. The van der Waals surface area contributed by atoms with Gasteiger partial charge in [0, 0.05) is 17.3 Å². The van der Waals surface area contributed by atoms with Gasteiger partial charge in [-0.05, 0) is 45.0 Å². The van der Waals surface area contributed by atoms with E-state index in [2.05, 4.69) is 4.98 Å². The molecule has 0 aliphatic carbocycles. The first kappa shape index (κ1) is 19.5. The minimum atomic E-state index is -0.586. The molecule has 3 aromatic rings. The molecular weight excluding hydrogens is 397 g/mol. The molecule has 0 spiro atoms. The Morgan fingerprint density at radius 3 is 2.83 bits per heavy atom. The maximum atomic E-state index is 13.5. The number of halogens is 2. The summed E-state index contributed by atoms with van der Waals surface area (Å²) in [4.78, 5) is 18.4. The van der Waals surface area contributed by atoms with E-state index in [1.807, 2.05) is 31.4 Å². The van der Waals surface area contributed by atoms with Gasteiger partial charge in [0.1, 0.15) is 30.1 Å². The van der Waals surface area contributed by atoms with Crippen molar-refractivity contribution >= 4 is 28.7 Å². The van der Waals surface area contributed by atoms with Gasteiger partial charge in [0.2, 0.25) is 0 Å². The van der Waals surface area contributed by atoms with E-state index in [9.17, 15) is 9.18 Å². The van der Waals surface area contributed by atoms with Gasteiger partial charge < -0.3 is 14.4 Å². The number of hydrogen-bond donors (Lipinski definition) is 0. The minimum Gasteiger partial charge on any atom is -0.490 e. The highest BCUT2D eigenvalue weighted by Crippen LogP contribution is 2.35. The Morgan fingerprint density at radius 1 is 1.28 bits per heavy atom. The van der Waals surface area contributed by atoms with Crippen LogP contribution in [0.1, 0.15) is 26.3 Å². The Morgan fingerprint density at radius 2 is 2.07 bits per heavy atom. The van der Waals surface area contributed by atoms with Gasteiger partial charge in [-0.1, -0.05) is 11.6 Å². The van der Waals surface area contributed by atoms with Crippen molar-refractivity contribution in [3.8, 4) is 11.4 Å². The van der Waals surface area contributed by atoms with E-state index in [0.717, 1.165) is 16.8 Å². The van der Waals surface area contributed by atoms with Gasteiger partial charge >= 0.3 is 6.09 Å². The van der Waals surface area contributed by atoms with Crippen molar-refractivity contribution in [2.45, 2.75) is 32.9 Å². The average molecular weight is 418 g/mol. The lowest BCUT2D eigenvalue weighted by Crippen LogP contribution is -2.37. The lowest BCUT2D eigenvalue weighted by atomic mass is 10.1. The van der Waals surface area contributed by atoms with Crippen LogP contribution in [0.2, 0.25) is 5.02 Å². The highest BCUT2D eigenvalue weighted by Gasteiger charge is 2.26. The summed E-state index contributed by atoms with van der Waals surface area (Å²) in [5.74, 6) is 0.209. The van der Waals surface area contributed by atoms with E-state index in [-0.39, 0.29) is 5.82 Å². The molecule has 0 N–H and O–H groups in total. The first-order valence-corrected chi connectivity index (χ1v) is 9.65. The zero-order valence-electron chi connectivity index (χ0n) is 16.4. The van der Waals surface area contributed by atoms with Crippen LogP contribution in [-0.2, 0) is 11.3 Å². The van der Waals surface area contributed by atoms with E-state index >= 15 is 0 Å². The second-order valence-corrected chi connectivity index (χ2v) is 8.32. The van der Waals surface area contributed by atoms with Crippen LogP contribution >= 0.6 is 11.6 Å². The number of ether oxygens (including phenoxy) is 2. The Hall–Kier alpha value is -2.80. The molecular formula is C21H21ClFN3O3. The van der Waals surface area contributed by atoms with Crippen molar-refractivity contribution < 1.29 is 18.7 Å². The van der Waals surface area contributed by atoms with Gasteiger partial charge in [-0.3, -0.25) is 4.57 Å². The molecule has 4 rings (SSSR count). The Kier molecular flexibility index (Phi) is 4.86. The highest BCUT2D eigenvalue weighted by molar-refractivity contribution is 6.32. The molecule has 6 nitrogen and oxygen atoms in total. The largest absolute Gasteiger partial charge is 0.490 e. The molecule has 29 heavy (non-hydrogen) atoms. The van der Waals surface area contributed by atoms with Crippen molar-refractivity contribution in [3.63, 3.8) is 0 Å². The monoisotopic (exact) mass is 417 g/mol. The Labute approximate surface area is 172 Å². The summed E-state index contributed by atoms with van der Waals surface area (Å²) in [6, 6.07) is 8.10. The van der Waals surface area contributed by atoms with Crippen LogP contribution in [0.4, 0.5) is 9.18 Å². The van der Waals surface area contributed by atoms with Crippen LogP contribution in [0.25, 0.3) is 16.7 Å². The second kappa shape index (κ2) is 7.22. The van der Waals surface area contributed by atoms with E-state index in [4.69, 9.17) is 21.1 Å². The van der Waals surface area contributed by atoms with Gasteiger partial charge in [0.25, 0.3) is 0 Å². The van der Waals surface area contributed by atoms with Gasteiger partial charge in [-0.25, -0.2) is 14.2 Å². The molecule has 0 saturated heterocycles. The third-order valence-electron chi connectivity index (χ3n) is 4.51. The number of rotatable bonds is 1. The van der Waals surface area contributed by atoms with Crippen molar-refractivity contribution in [3.05, 3.63) is 53.1 Å². The summed E-state index contributed by atoms with van der Waals surface area (Å²) in [6.07, 6.45) is 1.21. The quantitative estimate of drug-likeness (QED) is 0.562. The molecule has 0 atom stereocenters. The lowest BCUT2D eigenvalue weighted by Gasteiger charge is -2.26. The number of aromatic nitrogens is 2. The normalized spacial score (nSPS) is 14.3. The van der Waals surface area contributed by atoms with Gasteiger partial charge in [0.15, 0.2) is 0 Å². The minimum absolute atomic E-state index is 0.305. The summed E-state index contributed by atoms with van der Waals surface area (Å²) >= 11 is 6.49. The van der Waals surface area contributed by atoms with Crippen molar-refractivity contribution in [1.82, 2.24) is 14.5 Å². The maximum absolute atomic E-state index is 13.5. The molecule has 0 fully saturated rings. The molecule has 8 heteroatoms.